The number of carbonyl (C=O) groups excluding carboxylic acids is 1. The molecular weight excluding hydrogens is 428 g/mol. The van der Waals surface area contributed by atoms with Crippen LogP contribution in [0.25, 0.3) is 6.08 Å². The Kier molecular flexibility index (Phi) is 5.82. The highest BCUT2D eigenvalue weighted by Gasteiger charge is 2.29. The van der Waals surface area contributed by atoms with Crippen LogP contribution in [0.15, 0.2) is 58.0 Å². The van der Waals surface area contributed by atoms with E-state index in [0.717, 1.165) is 30.6 Å². The van der Waals surface area contributed by atoms with Gasteiger partial charge >= 0.3 is 0 Å². The van der Waals surface area contributed by atoms with Gasteiger partial charge in [-0.3, -0.25) is 9.35 Å². The van der Waals surface area contributed by atoms with Crippen molar-refractivity contribution < 1.29 is 17.8 Å². The first kappa shape index (κ1) is 21.7. The van der Waals surface area contributed by atoms with Crippen LogP contribution in [0, 0.1) is 11.3 Å². The number of nitriles is 1. The Labute approximate surface area is 186 Å². The SMILES string of the molecule is CC1=NN(c2ccc(S(=O)(=O)O)cc2)C(=O)C1=Cc1ccc2c(c1)CCCN2CCC#N. The number of hydrogen-bond acceptors (Lipinski definition) is 6. The van der Waals surface area contributed by atoms with E-state index in [0.29, 0.717) is 29.9 Å². The summed E-state index contributed by atoms with van der Waals surface area (Å²) in [6.07, 6.45) is 4.26. The summed E-state index contributed by atoms with van der Waals surface area (Å²) in [6, 6.07) is 13.6. The highest BCUT2D eigenvalue weighted by atomic mass is 32.2. The monoisotopic (exact) mass is 450 g/mol. The number of benzene rings is 2. The second-order valence-electron chi connectivity index (χ2n) is 7.72. The van der Waals surface area contributed by atoms with E-state index in [1.807, 2.05) is 18.2 Å². The highest BCUT2D eigenvalue weighted by Crippen LogP contribution is 2.30. The van der Waals surface area contributed by atoms with Crippen LogP contribution in [0.1, 0.15) is 30.9 Å². The van der Waals surface area contributed by atoms with Gasteiger partial charge in [0.25, 0.3) is 16.0 Å². The standard InChI is InChI=1S/C23H22N4O4S/c1-16-21(23(28)27(25-16)19-6-8-20(9-7-19)32(29,30)31)15-17-5-10-22-18(14-17)4-2-12-26(22)13-3-11-24/h5-10,14-15H,2-4,12-13H2,1H3,(H,29,30,31). The number of hydrogen-bond donors (Lipinski definition) is 1. The first-order valence-corrected chi connectivity index (χ1v) is 11.7. The molecule has 2 aromatic rings. The van der Waals surface area contributed by atoms with Gasteiger partial charge < -0.3 is 4.90 Å². The van der Waals surface area contributed by atoms with Gasteiger partial charge in [-0.1, -0.05) is 6.07 Å². The van der Waals surface area contributed by atoms with Crippen LogP contribution in [0.5, 0.6) is 0 Å². The molecule has 164 valence electrons. The van der Waals surface area contributed by atoms with Gasteiger partial charge in [-0.05, 0) is 73.4 Å². The third-order valence-corrected chi connectivity index (χ3v) is 6.43. The fourth-order valence-corrected chi connectivity index (χ4v) is 4.47. The number of carbonyl (C=O) groups is 1. The summed E-state index contributed by atoms with van der Waals surface area (Å²) >= 11 is 0. The molecule has 1 amide bonds. The molecule has 8 nitrogen and oxygen atoms in total. The fourth-order valence-electron chi connectivity index (χ4n) is 3.99. The van der Waals surface area contributed by atoms with Crippen LogP contribution < -0.4 is 9.91 Å². The number of amides is 1. The molecule has 0 aromatic heterocycles. The molecule has 0 bridgehead atoms. The first-order chi connectivity index (χ1) is 15.3. The topological polar surface area (TPSA) is 114 Å². The Bertz CT molecular complexity index is 1270. The quantitative estimate of drug-likeness (QED) is 0.552. The minimum Gasteiger partial charge on any atom is -0.370 e. The van der Waals surface area contributed by atoms with E-state index in [-0.39, 0.29) is 10.8 Å². The van der Waals surface area contributed by atoms with Gasteiger partial charge in [-0.2, -0.15) is 23.8 Å². The van der Waals surface area contributed by atoms with Crippen LogP contribution in [-0.4, -0.2) is 37.7 Å². The van der Waals surface area contributed by atoms with E-state index < -0.39 is 10.1 Å². The maximum atomic E-state index is 13.0. The summed E-state index contributed by atoms with van der Waals surface area (Å²) < 4.78 is 31.6. The lowest BCUT2D eigenvalue weighted by Gasteiger charge is -2.31. The molecular formula is C23H22N4O4S. The molecule has 4 rings (SSSR count). The lowest BCUT2D eigenvalue weighted by Crippen LogP contribution is -2.30. The smallest absolute Gasteiger partial charge is 0.294 e. The summed E-state index contributed by atoms with van der Waals surface area (Å²) in [5.41, 5.74) is 4.65. The van der Waals surface area contributed by atoms with E-state index in [1.54, 1.807) is 6.92 Å². The van der Waals surface area contributed by atoms with Crippen molar-refractivity contribution in [2.45, 2.75) is 31.1 Å². The molecule has 2 aliphatic heterocycles. The van der Waals surface area contributed by atoms with Crippen molar-refractivity contribution in [2.24, 2.45) is 5.10 Å². The minimum absolute atomic E-state index is 0.248. The molecule has 0 spiro atoms. The third-order valence-electron chi connectivity index (χ3n) is 5.56. The summed E-state index contributed by atoms with van der Waals surface area (Å²) in [7, 11) is -4.31. The van der Waals surface area contributed by atoms with Gasteiger partial charge in [0.2, 0.25) is 0 Å². The van der Waals surface area contributed by atoms with Crippen LogP contribution >= 0.6 is 0 Å². The molecule has 2 heterocycles. The summed E-state index contributed by atoms with van der Waals surface area (Å²) in [5, 5.41) is 14.4. The van der Waals surface area contributed by atoms with Crippen LogP contribution in [-0.2, 0) is 21.3 Å². The van der Waals surface area contributed by atoms with Crippen molar-refractivity contribution in [3.63, 3.8) is 0 Å². The molecule has 9 heteroatoms. The Morgan fingerprint density at radius 2 is 1.97 bits per heavy atom. The van der Waals surface area contributed by atoms with E-state index in [4.69, 9.17) is 9.81 Å². The van der Waals surface area contributed by atoms with Crippen molar-refractivity contribution in [3.8, 4) is 6.07 Å². The number of hydrazone groups is 1. The summed E-state index contributed by atoms with van der Waals surface area (Å²) in [5.74, 6) is -0.310. The highest BCUT2D eigenvalue weighted by molar-refractivity contribution is 7.85. The fraction of sp³-hybridized carbons (Fsp3) is 0.261. The molecule has 0 atom stereocenters. The zero-order chi connectivity index (χ0) is 22.9. The lowest BCUT2D eigenvalue weighted by molar-refractivity contribution is -0.114. The Morgan fingerprint density at radius 3 is 2.66 bits per heavy atom. The normalized spacial score (nSPS) is 17.3. The average molecular weight is 451 g/mol. The molecule has 1 N–H and O–H groups in total. The van der Waals surface area contributed by atoms with Gasteiger partial charge in [0.15, 0.2) is 0 Å². The summed E-state index contributed by atoms with van der Waals surface area (Å²) in [6.45, 7) is 3.39. The predicted molar refractivity (Wildman–Crippen MR) is 122 cm³/mol. The van der Waals surface area contributed by atoms with Gasteiger partial charge in [-0.25, -0.2) is 0 Å². The molecule has 2 aliphatic rings. The number of fused-ring (bicyclic) bond motifs is 1. The Hall–Kier alpha value is -3.48. The number of aryl methyl sites for hydroxylation is 1. The first-order valence-electron chi connectivity index (χ1n) is 10.2. The van der Waals surface area contributed by atoms with Gasteiger partial charge in [0.1, 0.15) is 0 Å². The van der Waals surface area contributed by atoms with Gasteiger partial charge in [0, 0.05) is 18.8 Å². The van der Waals surface area contributed by atoms with Gasteiger partial charge in [0.05, 0.1) is 34.4 Å². The Balaban J connectivity index is 1.58. The van der Waals surface area contributed by atoms with Crippen molar-refractivity contribution in [2.75, 3.05) is 23.0 Å². The van der Waals surface area contributed by atoms with Gasteiger partial charge in [-0.15, -0.1) is 0 Å². The summed E-state index contributed by atoms with van der Waals surface area (Å²) in [4.78, 5) is 15.0. The maximum Gasteiger partial charge on any atom is 0.294 e. The van der Waals surface area contributed by atoms with Crippen molar-refractivity contribution in [1.29, 1.82) is 5.26 Å². The van der Waals surface area contributed by atoms with Crippen LogP contribution in [0.4, 0.5) is 11.4 Å². The lowest BCUT2D eigenvalue weighted by atomic mass is 9.97. The van der Waals surface area contributed by atoms with E-state index in [1.165, 1.54) is 34.8 Å². The van der Waals surface area contributed by atoms with E-state index >= 15 is 0 Å². The van der Waals surface area contributed by atoms with Crippen molar-refractivity contribution in [1.82, 2.24) is 0 Å². The zero-order valence-electron chi connectivity index (χ0n) is 17.5. The Morgan fingerprint density at radius 1 is 1.22 bits per heavy atom. The largest absolute Gasteiger partial charge is 0.370 e. The van der Waals surface area contributed by atoms with Crippen molar-refractivity contribution >= 4 is 39.2 Å². The average Bonchev–Trinajstić information content (AvgIpc) is 3.05. The van der Waals surface area contributed by atoms with Crippen LogP contribution in [0.2, 0.25) is 0 Å². The third kappa shape index (κ3) is 4.28. The van der Waals surface area contributed by atoms with E-state index in [2.05, 4.69) is 22.1 Å². The molecule has 0 aliphatic carbocycles. The zero-order valence-corrected chi connectivity index (χ0v) is 18.3. The molecule has 2 aromatic carbocycles. The molecule has 0 fully saturated rings. The van der Waals surface area contributed by atoms with Crippen molar-refractivity contribution in [3.05, 3.63) is 59.2 Å². The maximum absolute atomic E-state index is 13.0. The van der Waals surface area contributed by atoms with E-state index in [9.17, 15) is 13.2 Å². The molecule has 0 saturated carbocycles. The molecule has 0 saturated heterocycles. The second kappa shape index (κ2) is 8.57. The number of rotatable bonds is 5. The predicted octanol–water partition coefficient (Wildman–Crippen LogP) is 3.41. The van der Waals surface area contributed by atoms with Crippen LogP contribution in [0.3, 0.4) is 0 Å². The molecule has 0 unspecified atom stereocenters. The minimum atomic E-state index is -4.31. The molecule has 0 radical (unpaired) electrons. The number of anilines is 2. The second-order valence-corrected chi connectivity index (χ2v) is 9.14. The number of nitrogens with zero attached hydrogens (tertiary/aromatic N) is 4. The molecule has 32 heavy (non-hydrogen) atoms.